The number of amides is 1. The first-order valence-corrected chi connectivity index (χ1v) is 10.1. The Morgan fingerprint density at radius 2 is 2.03 bits per heavy atom. The summed E-state index contributed by atoms with van der Waals surface area (Å²) in [4.78, 5) is 27.1. The van der Waals surface area contributed by atoms with E-state index in [1.807, 2.05) is 37.8 Å². The number of hydrogen-bond donors (Lipinski definition) is 2. The number of hydrogen-bond acceptors (Lipinski definition) is 7. The number of alkyl carbamates (subject to hydrolysis) is 1. The zero-order valence-corrected chi connectivity index (χ0v) is 18.0. The van der Waals surface area contributed by atoms with Crippen LogP contribution < -0.4 is 15.5 Å². The first-order chi connectivity index (χ1) is 15.2. The fourth-order valence-corrected chi connectivity index (χ4v) is 3.27. The fraction of sp³-hybridized carbons (Fsp3) is 0.304. The number of fused-ring (bicyclic) bond motifs is 1. The van der Waals surface area contributed by atoms with Crippen molar-refractivity contribution in [3.05, 3.63) is 48.0 Å². The summed E-state index contributed by atoms with van der Waals surface area (Å²) in [6.45, 7) is 6.64. The third kappa shape index (κ3) is 4.70. The second kappa shape index (κ2) is 8.30. The van der Waals surface area contributed by atoms with Crippen molar-refractivity contribution >= 4 is 34.4 Å². The van der Waals surface area contributed by atoms with Gasteiger partial charge in [0, 0.05) is 18.7 Å². The molecule has 0 aliphatic carbocycles. The lowest BCUT2D eigenvalue weighted by atomic mass is 10.1. The Bertz CT molecular complexity index is 1210. The summed E-state index contributed by atoms with van der Waals surface area (Å²) in [5.74, 6) is 3.11. The van der Waals surface area contributed by atoms with Gasteiger partial charge < -0.3 is 20.3 Å². The molecule has 1 fully saturated rings. The minimum absolute atomic E-state index is 0.0347. The van der Waals surface area contributed by atoms with Crippen molar-refractivity contribution in [2.75, 3.05) is 23.3 Å². The zero-order chi connectivity index (χ0) is 22.9. The average molecular weight is 434 g/mol. The van der Waals surface area contributed by atoms with E-state index in [1.165, 1.54) is 24.5 Å². The molecule has 3 aromatic rings. The summed E-state index contributed by atoms with van der Waals surface area (Å²) in [5.41, 5.74) is 1.32. The number of benzene rings is 1. The van der Waals surface area contributed by atoms with E-state index in [9.17, 15) is 9.18 Å². The van der Waals surface area contributed by atoms with E-state index in [1.54, 1.807) is 0 Å². The predicted octanol–water partition coefficient (Wildman–Crippen LogP) is 3.60. The highest BCUT2D eigenvalue weighted by molar-refractivity contribution is 5.88. The monoisotopic (exact) mass is 434 g/mol. The quantitative estimate of drug-likeness (QED) is 0.606. The summed E-state index contributed by atoms with van der Waals surface area (Å²) in [7, 11) is 0. The Morgan fingerprint density at radius 1 is 1.25 bits per heavy atom. The van der Waals surface area contributed by atoms with Gasteiger partial charge in [0.2, 0.25) is 0 Å². The molecule has 1 amide bonds. The molecule has 0 unspecified atom stereocenters. The van der Waals surface area contributed by atoms with Gasteiger partial charge in [-0.3, -0.25) is 0 Å². The number of aromatic nitrogens is 3. The molecule has 0 atom stereocenters. The molecule has 0 saturated carbocycles. The lowest BCUT2D eigenvalue weighted by Crippen LogP contribution is -2.60. The highest BCUT2D eigenvalue weighted by Crippen LogP contribution is 2.27. The van der Waals surface area contributed by atoms with Crippen LogP contribution in [0.2, 0.25) is 0 Å². The van der Waals surface area contributed by atoms with Crippen molar-refractivity contribution in [3.63, 3.8) is 0 Å². The summed E-state index contributed by atoms with van der Waals surface area (Å²) in [5, 5.41) is 5.82. The first kappa shape index (κ1) is 21.3. The molecule has 0 spiro atoms. The molecule has 0 bridgehead atoms. The maximum absolute atomic E-state index is 14.3. The molecule has 164 valence electrons. The van der Waals surface area contributed by atoms with Gasteiger partial charge >= 0.3 is 6.09 Å². The van der Waals surface area contributed by atoms with E-state index in [0.29, 0.717) is 41.3 Å². The second-order valence-electron chi connectivity index (χ2n) is 8.47. The van der Waals surface area contributed by atoms with Gasteiger partial charge in [-0.2, -0.15) is 0 Å². The van der Waals surface area contributed by atoms with Crippen LogP contribution in [0.25, 0.3) is 11.0 Å². The molecular formula is C23H23FN6O2. The molecule has 0 radical (unpaired) electrons. The van der Waals surface area contributed by atoms with Crippen molar-refractivity contribution in [1.29, 1.82) is 0 Å². The van der Waals surface area contributed by atoms with Gasteiger partial charge in [-0.25, -0.2) is 24.1 Å². The van der Waals surface area contributed by atoms with Gasteiger partial charge in [-0.1, -0.05) is 5.92 Å². The van der Waals surface area contributed by atoms with Crippen molar-refractivity contribution in [2.24, 2.45) is 0 Å². The Morgan fingerprint density at radius 3 is 2.75 bits per heavy atom. The van der Waals surface area contributed by atoms with Crippen LogP contribution in [0.3, 0.4) is 0 Å². The lowest BCUT2D eigenvalue weighted by molar-refractivity contribution is 0.0496. The first-order valence-electron chi connectivity index (χ1n) is 10.1. The number of nitrogens with zero attached hydrogens (tertiary/aromatic N) is 4. The van der Waals surface area contributed by atoms with Gasteiger partial charge in [-0.05, 0) is 51.1 Å². The Kier molecular flexibility index (Phi) is 5.53. The molecule has 1 aliphatic heterocycles. The molecule has 4 rings (SSSR count). The maximum atomic E-state index is 14.3. The van der Waals surface area contributed by atoms with Gasteiger partial charge in [0.1, 0.15) is 29.1 Å². The SMILES string of the molecule is C#Cc1ccc(F)c(Nc2ncnc3ccc(N4CC(NC(=O)OC(C)(C)C)C4)nc23)c1. The third-order valence-electron chi connectivity index (χ3n) is 4.78. The van der Waals surface area contributed by atoms with E-state index in [0.717, 1.165) is 0 Å². The fourth-order valence-electron chi connectivity index (χ4n) is 3.27. The molecule has 8 nitrogen and oxygen atoms in total. The van der Waals surface area contributed by atoms with Crippen molar-refractivity contribution in [3.8, 4) is 12.3 Å². The van der Waals surface area contributed by atoms with E-state index in [-0.39, 0.29) is 11.7 Å². The lowest BCUT2D eigenvalue weighted by Gasteiger charge is -2.40. The number of nitrogens with one attached hydrogen (secondary N) is 2. The van der Waals surface area contributed by atoms with Gasteiger partial charge in [0.05, 0.1) is 17.2 Å². The molecule has 32 heavy (non-hydrogen) atoms. The summed E-state index contributed by atoms with van der Waals surface area (Å²) < 4.78 is 19.6. The minimum atomic E-state index is -0.546. The molecular weight excluding hydrogens is 411 g/mol. The number of ether oxygens (including phenoxy) is 1. The Balaban J connectivity index is 1.50. The largest absolute Gasteiger partial charge is 0.444 e. The second-order valence-corrected chi connectivity index (χ2v) is 8.47. The van der Waals surface area contributed by atoms with Gasteiger partial charge in [0.25, 0.3) is 0 Å². The van der Waals surface area contributed by atoms with Crippen LogP contribution in [0.15, 0.2) is 36.7 Å². The highest BCUT2D eigenvalue weighted by atomic mass is 19.1. The van der Waals surface area contributed by atoms with E-state index < -0.39 is 17.5 Å². The number of terminal acetylenes is 1. The van der Waals surface area contributed by atoms with Crippen LogP contribution in [0.5, 0.6) is 0 Å². The molecule has 3 heterocycles. The topological polar surface area (TPSA) is 92.3 Å². The van der Waals surface area contributed by atoms with Crippen LogP contribution in [0, 0.1) is 18.2 Å². The van der Waals surface area contributed by atoms with Crippen LogP contribution in [0.1, 0.15) is 26.3 Å². The molecule has 1 aliphatic rings. The third-order valence-corrected chi connectivity index (χ3v) is 4.78. The van der Waals surface area contributed by atoms with E-state index in [4.69, 9.17) is 11.2 Å². The zero-order valence-electron chi connectivity index (χ0n) is 18.0. The van der Waals surface area contributed by atoms with Crippen molar-refractivity contribution < 1.29 is 13.9 Å². The smallest absolute Gasteiger partial charge is 0.407 e. The van der Waals surface area contributed by atoms with Crippen LogP contribution >= 0.6 is 0 Å². The Hall–Kier alpha value is -3.93. The predicted molar refractivity (Wildman–Crippen MR) is 120 cm³/mol. The van der Waals surface area contributed by atoms with E-state index >= 15 is 0 Å². The summed E-state index contributed by atoms with van der Waals surface area (Å²) >= 11 is 0. The Labute approximate surface area is 185 Å². The molecule has 1 saturated heterocycles. The van der Waals surface area contributed by atoms with Crippen LogP contribution in [0.4, 0.5) is 26.5 Å². The number of anilines is 3. The molecule has 9 heteroatoms. The van der Waals surface area contributed by atoms with Crippen molar-refractivity contribution in [1.82, 2.24) is 20.3 Å². The number of pyridine rings is 1. The minimum Gasteiger partial charge on any atom is -0.444 e. The standard InChI is InChI=1S/C23H23FN6O2/c1-5-14-6-7-16(24)18(10-14)28-21-20-17(25-13-26-21)8-9-19(29-20)30-11-15(12-30)27-22(31)32-23(2,3)4/h1,6-10,13,15H,11-12H2,2-4H3,(H,27,31)(H,25,26,28). The van der Waals surface area contributed by atoms with Crippen molar-refractivity contribution in [2.45, 2.75) is 32.4 Å². The van der Waals surface area contributed by atoms with E-state index in [2.05, 4.69) is 31.5 Å². The number of rotatable bonds is 4. The summed E-state index contributed by atoms with van der Waals surface area (Å²) in [6.07, 6.45) is 6.37. The van der Waals surface area contributed by atoms with Crippen LogP contribution in [-0.4, -0.2) is 45.8 Å². The number of halogens is 1. The van der Waals surface area contributed by atoms with Gasteiger partial charge in [-0.15, -0.1) is 6.42 Å². The number of carbonyl (C=O) groups is 1. The molecule has 2 aromatic heterocycles. The van der Waals surface area contributed by atoms with Crippen LogP contribution in [-0.2, 0) is 4.74 Å². The average Bonchev–Trinajstić information content (AvgIpc) is 2.70. The highest BCUT2D eigenvalue weighted by Gasteiger charge is 2.30. The number of carbonyl (C=O) groups excluding carboxylic acids is 1. The maximum Gasteiger partial charge on any atom is 0.407 e. The summed E-state index contributed by atoms with van der Waals surface area (Å²) in [6, 6.07) is 8.01. The molecule has 2 N–H and O–H groups in total. The molecule has 1 aromatic carbocycles. The van der Waals surface area contributed by atoms with Gasteiger partial charge in [0.15, 0.2) is 5.82 Å². The normalized spacial score (nSPS) is 13.9.